The topological polar surface area (TPSA) is 108 Å². The van der Waals surface area contributed by atoms with Crippen molar-refractivity contribution < 1.29 is 24.2 Å². The molecule has 8 nitrogen and oxygen atoms in total. The van der Waals surface area contributed by atoms with Gasteiger partial charge >= 0.3 is 6.09 Å². The minimum Gasteiger partial charge on any atom is -0.508 e. The Balaban J connectivity index is 2.39. The van der Waals surface area contributed by atoms with E-state index in [1.165, 1.54) is 11.0 Å². The van der Waals surface area contributed by atoms with E-state index in [0.29, 0.717) is 12.0 Å². The summed E-state index contributed by atoms with van der Waals surface area (Å²) in [7, 11) is 0. The highest BCUT2D eigenvalue weighted by Gasteiger charge is 2.36. The van der Waals surface area contributed by atoms with Crippen LogP contribution in [0.3, 0.4) is 0 Å². The first-order valence-corrected chi connectivity index (χ1v) is 12.7. The zero-order chi connectivity index (χ0) is 26.7. The van der Waals surface area contributed by atoms with Crippen molar-refractivity contribution in [1.82, 2.24) is 15.5 Å². The van der Waals surface area contributed by atoms with E-state index in [1.807, 2.05) is 37.3 Å². The average molecular weight is 516 g/mol. The fourth-order valence-electron chi connectivity index (χ4n) is 3.58. The number of ether oxygens (including phenoxy) is 1. The van der Waals surface area contributed by atoms with Crippen molar-refractivity contribution in [3.63, 3.8) is 0 Å². The number of para-hydroxylation sites is 1. The van der Waals surface area contributed by atoms with E-state index >= 15 is 0 Å². The zero-order valence-electron chi connectivity index (χ0n) is 21.4. The third-order valence-electron chi connectivity index (χ3n) is 5.31. The lowest BCUT2D eigenvalue weighted by molar-refractivity contribution is -0.142. The van der Waals surface area contributed by atoms with E-state index in [2.05, 4.69) is 23.3 Å². The average Bonchev–Trinajstić information content (AvgIpc) is 2.83. The number of thiol groups is 1. The SMILES string of the molecule is CCCCN(C(=O)C(CS)NC(=O)OC(C)(C)C)C(C(=O)NCc1ccccc1)c1ccccc1O. The van der Waals surface area contributed by atoms with Crippen LogP contribution in [-0.2, 0) is 20.9 Å². The van der Waals surface area contributed by atoms with Crippen LogP contribution >= 0.6 is 12.6 Å². The van der Waals surface area contributed by atoms with Crippen LogP contribution in [0.4, 0.5) is 4.79 Å². The normalized spacial score (nSPS) is 12.8. The number of hydrogen-bond acceptors (Lipinski definition) is 6. The number of unbranched alkanes of at least 4 members (excludes halogenated alkanes) is 1. The molecule has 2 atom stereocenters. The predicted octanol–water partition coefficient (Wildman–Crippen LogP) is 4.20. The summed E-state index contributed by atoms with van der Waals surface area (Å²) in [6.45, 7) is 7.65. The number of phenols is 1. The first-order chi connectivity index (χ1) is 17.1. The number of nitrogens with zero attached hydrogens (tertiary/aromatic N) is 1. The van der Waals surface area contributed by atoms with Gasteiger partial charge in [-0.1, -0.05) is 61.9 Å². The third kappa shape index (κ3) is 8.78. The van der Waals surface area contributed by atoms with Crippen LogP contribution in [0.25, 0.3) is 0 Å². The van der Waals surface area contributed by atoms with Gasteiger partial charge in [0.15, 0.2) is 0 Å². The maximum atomic E-state index is 13.7. The van der Waals surface area contributed by atoms with Gasteiger partial charge in [0.05, 0.1) is 0 Å². The highest BCUT2D eigenvalue weighted by atomic mass is 32.1. The van der Waals surface area contributed by atoms with Crippen molar-refractivity contribution in [3.8, 4) is 5.75 Å². The number of amides is 3. The van der Waals surface area contributed by atoms with Gasteiger partial charge in [0.2, 0.25) is 11.8 Å². The quantitative estimate of drug-likeness (QED) is 0.336. The molecule has 0 saturated heterocycles. The first kappa shape index (κ1) is 29.0. The van der Waals surface area contributed by atoms with Crippen LogP contribution in [0.1, 0.15) is 57.7 Å². The van der Waals surface area contributed by atoms with E-state index in [0.717, 1.165) is 12.0 Å². The molecule has 0 bridgehead atoms. The standard InChI is InChI=1S/C27H37N3O5S/c1-5-6-16-30(25(33)21(18-36)29-26(34)35-27(2,3)4)23(20-14-10-11-15-22(20)31)24(32)28-17-19-12-8-7-9-13-19/h7-15,21,23,31,36H,5-6,16-18H2,1-4H3,(H,28,32)(H,29,34). The predicted molar refractivity (Wildman–Crippen MR) is 143 cm³/mol. The Morgan fingerprint density at radius 1 is 1.06 bits per heavy atom. The molecule has 3 amide bonds. The Kier molecular flexibility index (Phi) is 11.1. The lowest BCUT2D eigenvalue weighted by Gasteiger charge is -2.34. The molecule has 196 valence electrons. The summed E-state index contributed by atoms with van der Waals surface area (Å²) in [5, 5.41) is 16.1. The first-order valence-electron chi connectivity index (χ1n) is 12.1. The number of hydrogen-bond donors (Lipinski definition) is 4. The molecule has 0 spiro atoms. The molecule has 0 aromatic heterocycles. The van der Waals surface area contributed by atoms with Gasteiger partial charge < -0.3 is 25.4 Å². The van der Waals surface area contributed by atoms with E-state index < -0.39 is 35.6 Å². The van der Waals surface area contributed by atoms with Gasteiger partial charge in [-0.15, -0.1) is 0 Å². The summed E-state index contributed by atoms with van der Waals surface area (Å²) in [6.07, 6.45) is 0.638. The molecular weight excluding hydrogens is 478 g/mol. The molecule has 9 heteroatoms. The number of carbonyl (C=O) groups excluding carboxylic acids is 3. The largest absolute Gasteiger partial charge is 0.508 e. The second kappa shape index (κ2) is 13.8. The Morgan fingerprint density at radius 2 is 1.69 bits per heavy atom. The molecule has 0 heterocycles. The van der Waals surface area contributed by atoms with Crippen molar-refractivity contribution >= 4 is 30.5 Å². The van der Waals surface area contributed by atoms with Crippen LogP contribution < -0.4 is 10.6 Å². The van der Waals surface area contributed by atoms with Crippen LogP contribution in [-0.4, -0.2) is 51.9 Å². The summed E-state index contributed by atoms with van der Waals surface area (Å²) >= 11 is 4.28. The Hall–Kier alpha value is -3.20. The summed E-state index contributed by atoms with van der Waals surface area (Å²) < 4.78 is 5.31. The molecule has 0 fully saturated rings. The molecule has 0 radical (unpaired) electrons. The maximum Gasteiger partial charge on any atom is 0.408 e. The van der Waals surface area contributed by atoms with E-state index in [9.17, 15) is 19.5 Å². The highest BCUT2D eigenvalue weighted by Crippen LogP contribution is 2.30. The molecule has 36 heavy (non-hydrogen) atoms. The summed E-state index contributed by atoms with van der Waals surface area (Å²) in [6, 6.07) is 13.7. The van der Waals surface area contributed by atoms with E-state index in [4.69, 9.17) is 4.74 Å². The third-order valence-corrected chi connectivity index (χ3v) is 5.67. The zero-order valence-corrected chi connectivity index (χ0v) is 22.3. The molecule has 3 N–H and O–H groups in total. The van der Waals surface area contributed by atoms with Gasteiger partial charge in [0, 0.05) is 24.4 Å². The van der Waals surface area contributed by atoms with Gasteiger partial charge in [-0.05, 0) is 38.8 Å². The Labute approximate surface area is 218 Å². The van der Waals surface area contributed by atoms with E-state index in [-0.39, 0.29) is 24.6 Å². The molecule has 0 aliphatic heterocycles. The molecule has 2 aromatic carbocycles. The number of nitrogens with one attached hydrogen (secondary N) is 2. The molecule has 2 aromatic rings. The van der Waals surface area contributed by atoms with Crippen molar-refractivity contribution in [2.75, 3.05) is 12.3 Å². The van der Waals surface area contributed by atoms with Crippen LogP contribution in [0, 0.1) is 0 Å². The van der Waals surface area contributed by atoms with Gasteiger partial charge in [-0.25, -0.2) is 4.79 Å². The maximum absolute atomic E-state index is 13.7. The van der Waals surface area contributed by atoms with Crippen molar-refractivity contribution in [1.29, 1.82) is 0 Å². The molecule has 0 saturated carbocycles. The Bertz CT molecular complexity index is 1010. The van der Waals surface area contributed by atoms with Crippen LogP contribution in [0.15, 0.2) is 54.6 Å². The summed E-state index contributed by atoms with van der Waals surface area (Å²) in [5.41, 5.74) is 0.446. The fraction of sp³-hybridized carbons (Fsp3) is 0.444. The van der Waals surface area contributed by atoms with Crippen molar-refractivity contribution in [2.45, 2.75) is 64.8 Å². The molecule has 2 unspecified atom stereocenters. The van der Waals surface area contributed by atoms with Crippen LogP contribution in [0.2, 0.25) is 0 Å². The monoisotopic (exact) mass is 515 g/mol. The van der Waals surface area contributed by atoms with Gasteiger partial charge in [-0.2, -0.15) is 12.6 Å². The second-order valence-electron chi connectivity index (χ2n) is 9.43. The number of alkyl carbamates (subject to hydrolysis) is 1. The minimum absolute atomic E-state index is 0.000171. The lowest BCUT2D eigenvalue weighted by atomic mass is 10.0. The number of benzene rings is 2. The smallest absolute Gasteiger partial charge is 0.408 e. The number of phenolic OH excluding ortho intramolecular Hbond substituents is 1. The summed E-state index contributed by atoms with van der Waals surface area (Å²) in [4.78, 5) is 41.1. The number of aromatic hydroxyl groups is 1. The molecule has 2 rings (SSSR count). The lowest BCUT2D eigenvalue weighted by Crippen LogP contribution is -2.54. The highest BCUT2D eigenvalue weighted by molar-refractivity contribution is 7.80. The van der Waals surface area contributed by atoms with Crippen LogP contribution in [0.5, 0.6) is 5.75 Å². The second-order valence-corrected chi connectivity index (χ2v) is 9.80. The molecular formula is C27H37N3O5S. The fourth-order valence-corrected chi connectivity index (χ4v) is 3.83. The van der Waals surface area contributed by atoms with Gasteiger partial charge in [0.25, 0.3) is 0 Å². The molecule has 0 aliphatic rings. The van der Waals surface area contributed by atoms with E-state index in [1.54, 1.807) is 39.0 Å². The van der Waals surface area contributed by atoms with Gasteiger partial charge in [-0.3, -0.25) is 9.59 Å². The van der Waals surface area contributed by atoms with Crippen molar-refractivity contribution in [2.24, 2.45) is 0 Å². The summed E-state index contributed by atoms with van der Waals surface area (Å²) in [5.74, 6) is -1.04. The number of rotatable bonds is 11. The van der Waals surface area contributed by atoms with Gasteiger partial charge in [0.1, 0.15) is 23.4 Å². The Morgan fingerprint density at radius 3 is 2.28 bits per heavy atom. The van der Waals surface area contributed by atoms with Crippen molar-refractivity contribution in [3.05, 3.63) is 65.7 Å². The number of carbonyl (C=O) groups is 3. The minimum atomic E-state index is -1.11. The molecule has 0 aliphatic carbocycles.